The first kappa shape index (κ1) is 12.0. The van der Waals surface area contributed by atoms with Crippen LogP contribution in [0.3, 0.4) is 0 Å². The van der Waals surface area contributed by atoms with Gasteiger partial charge in [0.2, 0.25) is 0 Å². The second kappa shape index (κ2) is 5.72. The summed E-state index contributed by atoms with van der Waals surface area (Å²) in [6, 6.07) is 6.60. The molecule has 0 aliphatic rings. The van der Waals surface area contributed by atoms with Gasteiger partial charge in [-0.05, 0) is 12.1 Å². The van der Waals surface area contributed by atoms with Gasteiger partial charge >= 0.3 is 12.0 Å². The van der Waals surface area contributed by atoms with E-state index in [0.717, 1.165) is 0 Å². The van der Waals surface area contributed by atoms with Gasteiger partial charge in [0.1, 0.15) is 0 Å². The highest BCUT2D eigenvalue weighted by molar-refractivity contribution is 5.92. The standard InChI is InChI=1S/C10H12N2O4/c13-6-8(9(14)15)12-10(16)11-7-4-2-1-3-5-7/h1-5,8,13H,6H2,(H,14,15)(H2,11,12,16)/t8-/m0/s1. The zero-order chi connectivity index (χ0) is 12.0. The molecule has 0 bridgehead atoms. The van der Waals surface area contributed by atoms with Crippen molar-refractivity contribution < 1.29 is 19.8 Å². The van der Waals surface area contributed by atoms with Crippen LogP contribution in [0.1, 0.15) is 0 Å². The minimum Gasteiger partial charge on any atom is -0.480 e. The number of carbonyl (C=O) groups is 2. The van der Waals surface area contributed by atoms with Crippen LogP contribution >= 0.6 is 0 Å². The Labute approximate surface area is 91.9 Å². The Morgan fingerprint density at radius 1 is 1.25 bits per heavy atom. The fraction of sp³-hybridized carbons (Fsp3) is 0.200. The van der Waals surface area contributed by atoms with Crippen molar-refractivity contribution in [2.45, 2.75) is 6.04 Å². The van der Waals surface area contributed by atoms with E-state index in [0.29, 0.717) is 5.69 Å². The SMILES string of the molecule is O=C(Nc1ccccc1)N[C@@H](CO)C(=O)O. The van der Waals surface area contributed by atoms with E-state index in [2.05, 4.69) is 10.6 Å². The lowest BCUT2D eigenvalue weighted by Crippen LogP contribution is -2.45. The number of aliphatic hydroxyl groups is 1. The summed E-state index contributed by atoms with van der Waals surface area (Å²) in [5, 5.41) is 21.8. The largest absolute Gasteiger partial charge is 0.480 e. The molecule has 0 aromatic heterocycles. The number of urea groups is 1. The third-order valence-electron chi connectivity index (χ3n) is 1.82. The van der Waals surface area contributed by atoms with Crippen molar-refractivity contribution >= 4 is 17.7 Å². The molecule has 2 amide bonds. The summed E-state index contributed by atoms with van der Waals surface area (Å²) in [5.41, 5.74) is 0.544. The number of aliphatic carboxylic acids is 1. The minimum atomic E-state index is -1.30. The van der Waals surface area contributed by atoms with Gasteiger partial charge in [0.25, 0.3) is 0 Å². The van der Waals surface area contributed by atoms with E-state index in [-0.39, 0.29) is 0 Å². The second-order valence-corrected chi connectivity index (χ2v) is 3.04. The molecule has 0 spiro atoms. The molecule has 0 unspecified atom stereocenters. The summed E-state index contributed by atoms with van der Waals surface area (Å²) < 4.78 is 0. The zero-order valence-corrected chi connectivity index (χ0v) is 8.38. The smallest absolute Gasteiger partial charge is 0.328 e. The molecule has 86 valence electrons. The Morgan fingerprint density at radius 3 is 2.38 bits per heavy atom. The molecule has 0 heterocycles. The molecular formula is C10H12N2O4. The number of hydrogen-bond donors (Lipinski definition) is 4. The molecule has 0 radical (unpaired) electrons. The van der Waals surface area contributed by atoms with Crippen molar-refractivity contribution in [3.63, 3.8) is 0 Å². The molecule has 1 aromatic rings. The number of rotatable bonds is 4. The molecule has 4 N–H and O–H groups in total. The van der Waals surface area contributed by atoms with E-state index in [9.17, 15) is 9.59 Å². The number of benzene rings is 1. The van der Waals surface area contributed by atoms with Crippen molar-refractivity contribution in [3.8, 4) is 0 Å². The molecule has 0 fully saturated rings. The molecule has 1 aromatic carbocycles. The summed E-state index contributed by atoms with van der Waals surface area (Å²) in [7, 11) is 0. The summed E-state index contributed by atoms with van der Waals surface area (Å²) in [6.07, 6.45) is 0. The lowest BCUT2D eigenvalue weighted by molar-refractivity contribution is -0.140. The number of anilines is 1. The van der Waals surface area contributed by atoms with E-state index in [1.807, 2.05) is 0 Å². The van der Waals surface area contributed by atoms with Gasteiger partial charge in [0, 0.05) is 5.69 Å². The van der Waals surface area contributed by atoms with Crippen molar-refractivity contribution in [3.05, 3.63) is 30.3 Å². The molecule has 0 aliphatic heterocycles. The van der Waals surface area contributed by atoms with Gasteiger partial charge in [0.15, 0.2) is 6.04 Å². The van der Waals surface area contributed by atoms with Gasteiger partial charge in [-0.2, -0.15) is 0 Å². The van der Waals surface area contributed by atoms with Crippen LogP contribution in [0.5, 0.6) is 0 Å². The van der Waals surface area contributed by atoms with Crippen molar-refractivity contribution in [1.82, 2.24) is 5.32 Å². The maximum Gasteiger partial charge on any atom is 0.328 e. The number of amides is 2. The molecule has 0 saturated carbocycles. The minimum absolute atomic E-state index is 0.544. The van der Waals surface area contributed by atoms with Crippen molar-refractivity contribution in [2.24, 2.45) is 0 Å². The van der Waals surface area contributed by atoms with Crippen LogP contribution in [-0.2, 0) is 4.79 Å². The van der Waals surface area contributed by atoms with Crippen LogP contribution in [0.2, 0.25) is 0 Å². The first-order chi connectivity index (χ1) is 7.63. The van der Waals surface area contributed by atoms with E-state index >= 15 is 0 Å². The summed E-state index contributed by atoms with van der Waals surface area (Å²) in [4.78, 5) is 21.8. The van der Waals surface area contributed by atoms with E-state index in [4.69, 9.17) is 10.2 Å². The quantitative estimate of drug-likeness (QED) is 0.589. The summed E-state index contributed by atoms with van der Waals surface area (Å²) in [5.74, 6) is -1.29. The van der Waals surface area contributed by atoms with Crippen LogP contribution in [0.25, 0.3) is 0 Å². The van der Waals surface area contributed by atoms with Crippen molar-refractivity contribution in [2.75, 3.05) is 11.9 Å². The maximum absolute atomic E-state index is 11.3. The molecule has 6 nitrogen and oxygen atoms in total. The van der Waals surface area contributed by atoms with Gasteiger partial charge in [-0.3, -0.25) is 0 Å². The van der Waals surface area contributed by atoms with Crippen LogP contribution in [0.15, 0.2) is 30.3 Å². The Hall–Kier alpha value is -2.08. The predicted molar refractivity (Wildman–Crippen MR) is 57.1 cm³/mol. The van der Waals surface area contributed by atoms with Crippen LogP contribution < -0.4 is 10.6 Å². The Morgan fingerprint density at radius 2 is 1.88 bits per heavy atom. The highest BCUT2D eigenvalue weighted by Crippen LogP contribution is 2.04. The zero-order valence-electron chi connectivity index (χ0n) is 8.38. The number of hydrogen-bond acceptors (Lipinski definition) is 3. The van der Waals surface area contributed by atoms with Gasteiger partial charge in [0.05, 0.1) is 6.61 Å². The Balaban J connectivity index is 2.50. The van der Waals surface area contributed by atoms with Crippen molar-refractivity contribution in [1.29, 1.82) is 0 Å². The highest BCUT2D eigenvalue weighted by Gasteiger charge is 2.18. The molecule has 0 saturated heterocycles. The number of nitrogens with one attached hydrogen (secondary N) is 2. The van der Waals surface area contributed by atoms with E-state index < -0.39 is 24.6 Å². The van der Waals surface area contributed by atoms with Gasteiger partial charge in [-0.15, -0.1) is 0 Å². The molecule has 1 rings (SSSR count). The molecular weight excluding hydrogens is 212 g/mol. The molecule has 16 heavy (non-hydrogen) atoms. The summed E-state index contributed by atoms with van der Waals surface area (Å²) >= 11 is 0. The number of carboxylic acid groups (broad SMARTS) is 1. The molecule has 6 heteroatoms. The number of carbonyl (C=O) groups excluding carboxylic acids is 1. The monoisotopic (exact) mass is 224 g/mol. The Bertz CT molecular complexity index is 366. The third-order valence-corrected chi connectivity index (χ3v) is 1.82. The average molecular weight is 224 g/mol. The lowest BCUT2D eigenvalue weighted by atomic mass is 10.3. The number of aliphatic hydroxyl groups excluding tert-OH is 1. The van der Waals surface area contributed by atoms with E-state index in [1.165, 1.54) is 0 Å². The third kappa shape index (κ3) is 3.58. The fourth-order valence-electron chi connectivity index (χ4n) is 1.03. The fourth-order valence-corrected chi connectivity index (χ4v) is 1.03. The topological polar surface area (TPSA) is 98.7 Å². The maximum atomic E-state index is 11.3. The van der Waals surface area contributed by atoms with E-state index in [1.54, 1.807) is 30.3 Å². The molecule has 0 aliphatic carbocycles. The molecule has 1 atom stereocenters. The Kier molecular flexibility index (Phi) is 4.28. The van der Waals surface area contributed by atoms with Gasteiger partial charge < -0.3 is 20.8 Å². The van der Waals surface area contributed by atoms with Crippen LogP contribution in [0.4, 0.5) is 10.5 Å². The van der Waals surface area contributed by atoms with Gasteiger partial charge in [-0.1, -0.05) is 18.2 Å². The predicted octanol–water partition coefficient (Wildman–Crippen LogP) is 0.254. The second-order valence-electron chi connectivity index (χ2n) is 3.04. The van der Waals surface area contributed by atoms with Crippen LogP contribution in [-0.4, -0.2) is 34.9 Å². The number of carboxylic acids is 1. The van der Waals surface area contributed by atoms with Crippen LogP contribution in [0, 0.1) is 0 Å². The first-order valence-electron chi connectivity index (χ1n) is 4.59. The lowest BCUT2D eigenvalue weighted by Gasteiger charge is -2.12. The number of para-hydroxylation sites is 1. The average Bonchev–Trinajstić information content (AvgIpc) is 2.27. The highest BCUT2D eigenvalue weighted by atomic mass is 16.4. The first-order valence-corrected chi connectivity index (χ1v) is 4.59. The van der Waals surface area contributed by atoms with Gasteiger partial charge in [-0.25, -0.2) is 9.59 Å². The summed E-state index contributed by atoms with van der Waals surface area (Å²) in [6.45, 7) is -0.655. The normalized spacial score (nSPS) is 11.6.